The summed E-state index contributed by atoms with van der Waals surface area (Å²) in [4.78, 5) is 7.00. The Labute approximate surface area is 101 Å². The van der Waals surface area contributed by atoms with E-state index in [4.69, 9.17) is 0 Å². The van der Waals surface area contributed by atoms with Gasteiger partial charge in [-0.2, -0.15) is 19.7 Å². The molecule has 0 saturated carbocycles. The van der Waals surface area contributed by atoms with Crippen molar-refractivity contribution in [2.75, 3.05) is 0 Å². The lowest BCUT2D eigenvalue weighted by Gasteiger charge is -2.00. The minimum atomic E-state index is -0.622. The molecular weight excluding hydrogens is 236 g/mol. The number of benzene rings is 1. The van der Waals surface area contributed by atoms with Gasteiger partial charge in [-0.1, -0.05) is 18.2 Å². The van der Waals surface area contributed by atoms with Crippen molar-refractivity contribution < 1.29 is 15.3 Å². The van der Waals surface area contributed by atoms with Crippen LogP contribution in [0.4, 0.5) is 0 Å². The van der Waals surface area contributed by atoms with E-state index in [1.54, 1.807) is 24.3 Å². The lowest BCUT2D eigenvalue weighted by Crippen LogP contribution is -1.94. The predicted octanol–water partition coefficient (Wildman–Crippen LogP) is 0.932. The second-order valence-electron chi connectivity index (χ2n) is 3.62. The fourth-order valence-corrected chi connectivity index (χ4v) is 1.68. The van der Waals surface area contributed by atoms with Crippen molar-refractivity contribution in [3.8, 4) is 23.5 Å². The fourth-order valence-electron chi connectivity index (χ4n) is 1.68. The summed E-state index contributed by atoms with van der Waals surface area (Å²) in [5.74, 6) is -0.758. The van der Waals surface area contributed by atoms with Crippen molar-refractivity contribution in [3.05, 3.63) is 30.3 Å². The predicted molar refractivity (Wildman–Crippen MR) is 61.7 cm³/mol. The summed E-state index contributed by atoms with van der Waals surface area (Å²) in [6.45, 7) is 0. The normalized spacial score (nSPS) is 10.9. The van der Waals surface area contributed by atoms with Gasteiger partial charge >= 0.3 is 6.01 Å². The van der Waals surface area contributed by atoms with E-state index in [0.717, 1.165) is 0 Å². The molecule has 0 bridgehead atoms. The molecule has 0 unspecified atom stereocenters. The molecule has 1 aromatic carbocycles. The van der Waals surface area contributed by atoms with Crippen LogP contribution in [0.3, 0.4) is 0 Å². The molecule has 0 aliphatic heterocycles. The van der Waals surface area contributed by atoms with Crippen molar-refractivity contribution in [3.63, 3.8) is 0 Å². The molecule has 0 fully saturated rings. The molecule has 7 nitrogen and oxygen atoms in total. The standard InChI is InChI=1S/C11H8N4O3/c16-9-7-8(12-11(18)13-9)10(17)15(14-7)6-4-2-1-3-5-6/h1-5,17H,(H2,12,13,16,18). The highest BCUT2D eigenvalue weighted by atomic mass is 16.3. The number of para-hydroxylation sites is 1. The molecule has 0 amide bonds. The Morgan fingerprint density at radius 2 is 1.61 bits per heavy atom. The van der Waals surface area contributed by atoms with Gasteiger partial charge in [-0.3, -0.25) is 0 Å². The van der Waals surface area contributed by atoms with Crippen molar-refractivity contribution in [2.24, 2.45) is 0 Å². The zero-order valence-electron chi connectivity index (χ0n) is 9.02. The third kappa shape index (κ3) is 1.41. The van der Waals surface area contributed by atoms with E-state index in [0.29, 0.717) is 5.69 Å². The lowest BCUT2D eigenvalue weighted by molar-refractivity contribution is 0.401. The Morgan fingerprint density at radius 3 is 2.33 bits per heavy atom. The second-order valence-corrected chi connectivity index (χ2v) is 3.62. The first-order valence-electron chi connectivity index (χ1n) is 5.10. The van der Waals surface area contributed by atoms with Crippen LogP contribution in [0.2, 0.25) is 0 Å². The first-order chi connectivity index (χ1) is 8.66. The first kappa shape index (κ1) is 10.3. The third-order valence-corrected chi connectivity index (χ3v) is 2.47. The van der Waals surface area contributed by atoms with E-state index in [2.05, 4.69) is 15.1 Å². The van der Waals surface area contributed by atoms with Gasteiger partial charge in [-0.05, 0) is 12.1 Å². The summed E-state index contributed by atoms with van der Waals surface area (Å²) in [6, 6.07) is 8.23. The maximum absolute atomic E-state index is 9.98. The van der Waals surface area contributed by atoms with Crippen molar-refractivity contribution in [1.82, 2.24) is 19.7 Å². The van der Waals surface area contributed by atoms with Crippen LogP contribution in [-0.4, -0.2) is 35.1 Å². The third-order valence-electron chi connectivity index (χ3n) is 2.47. The summed E-state index contributed by atoms with van der Waals surface area (Å²) in [7, 11) is 0. The molecule has 3 rings (SSSR count). The molecule has 0 aliphatic rings. The first-order valence-corrected chi connectivity index (χ1v) is 5.10. The van der Waals surface area contributed by atoms with Crippen LogP contribution in [0.5, 0.6) is 17.8 Å². The van der Waals surface area contributed by atoms with E-state index in [9.17, 15) is 15.3 Å². The molecular formula is C11H8N4O3. The second kappa shape index (κ2) is 3.59. The van der Waals surface area contributed by atoms with Gasteiger partial charge in [0, 0.05) is 0 Å². The van der Waals surface area contributed by atoms with Crippen LogP contribution in [0, 0.1) is 0 Å². The molecule has 0 aliphatic carbocycles. The molecule has 18 heavy (non-hydrogen) atoms. The van der Waals surface area contributed by atoms with Gasteiger partial charge in [0.05, 0.1) is 5.69 Å². The van der Waals surface area contributed by atoms with Gasteiger partial charge in [0.25, 0.3) is 0 Å². The van der Waals surface area contributed by atoms with Gasteiger partial charge in [0.1, 0.15) is 0 Å². The van der Waals surface area contributed by atoms with Gasteiger partial charge < -0.3 is 15.3 Å². The maximum Gasteiger partial charge on any atom is 0.318 e. The average Bonchev–Trinajstić information content (AvgIpc) is 2.69. The van der Waals surface area contributed by atoms with Crippen LogP contribution in [0.15, 0.2) is 30.3 Å². The molecule has 90 valence electrons. The highest BCUT2D eigenvalue weighted by Crippen LogP contribution is 2.30. The topological polar surface area (TPSA) is 104 Å². The molecule has 0 spiro atoms. The Bertz CT molecular complexity index is 724. The number of fused-ring (bicyclic) bond motifs is 1. The van der Waals surface area contributed by atoms with Crippen molar-refractivity contribution in [2.45, 2.75) is 0 Å². The maximum atomic E-state index is 9.98. The fraction of sp³-hybridized carbons (Fsp3) is 0. The quantitative estimate of drug-likeness (QED) is 0.588. The Hall–Kier alpha value is -2.83. The minimum Gasteiger partial charge on any atom is -0.492 e. The number of hydrogen-bond acceptors (Lipinski definition) is 6. The molecule has 0 atom stereocenters. The summed E-state index contributed by atoms with van der Waals surface area (Å²) < 4.78 is 1.21. The molecule has 0 saturated heterocycles. The van der Waals surface area contributed by atoms with Crippen LogP contribution in [0.25, 0.3) is 16.7 Å². The van der Waals surface area contributed by atoms with Crippen LogP contribution in [-0.2, 0) is 0 Å². The Balaban J connectivity index is 2.33. The molecule has 2 aromatic heterocycles. The van der Waals surface area contributed by atoms with E-state index < -0.39 is 11.9 Å². The average molecular weight is 244 g/mol. The summed E-state index contributed by atoms with van der Waals surface area (Å²) >= 11 is 0. The van der Waals surface area contributed by atoms with Gasteiger partial charge in [-0.15, -0.1) is 0 Å². The van der Waals surface area contributed by atoms with Gasteiger partial charge in [0.15, 0.2) is 11.0 Å². The number of aromatic nitrogens is 4. The van der Waals surface area contributed by atoms with Crippen LogP contribution in [0.1, 0.15) is 0 Å². The summed E-state index contributed by atoms with van der Waals surface area (Å²) in [5.41, 5.74) is 0.616. The van der Waals surface area contributed by atoms with Crippen molar-refractivity contribution in [1.29, 1.82) is 0 Å². The van der Waals surface area contributed by atoms with Crippen molar-refractivity contribution >= 4 is 11.0 Å². The highest BCUT2D eigenvalue weighted by Gasteiger charge is 2.18. The zero-order valence-corrected chi connectivity index (χ0v) is 9.02. The molecule has 3 aromatic rings. The number of rotatable bonds is 1. The summed E-state index contributed by atoms with van der Waals surface area (Å²) in [6.07, 6.45) is 0. The smallest absolute Gasteiger partial charge is 0.318 e. The highest BCUT2D eigenvalue weighted by molar-refractivity contribution is 5.84. The SMILES string of the molecule is Oc1nc(O)c2nn(-c3ccccc3)c(O)c2n1. The van der Waals surface area contributed by atoms with Crippen LogP contribution < -0.4 is 0 Å². The number of aromatic hydroxyl groups is 3. The Morgan fingerprint density at radius 1 is 0.889 bits per heavy atom. The van der Waals surface area contributed by atoms with E-state index in [1.807, 2.05) is 6.07 Å². The van der Waals surface area contributed by atoms with Gasteiger partial charge in [0.2, 0.25) is 11.8 Å². The zero-order chi connectivity index (χ0) is 12.7. The molecule has 3 N–H and O–H groups in total. The largest absolute Gasteiger partial charge is 0.492 e. The monoisotopic (exact) mass is 244 g/mol. The minimum absolute atomic E-state index is 0.0103. The van der Waals surface area contributed by atoms with E-state index in [1.165, 1.54) is 4.68 Å². The molecule has 0 radical (unpaired) electrons. The summed E-state index contributed by atoms with van der Waals surface area (Å²) in [5, 5.41) is 32.7. The lowest BCUT2D eigenvalue weighted by atomic mass is 10.3. The van der Waals surface area contributed by atoms with Crippen LogP contribution >= 0.6 is 0 Å². The van der Waals surface area contributed by atoms with Gasteiger partial charge in [-0.25, -0.2) is 0 Å². The Kier molecular flexibility index (Phi) is 2.06. The molecule has 7 heteroatoms. The van der Waals surface area contributed by atoms with E-state index >= 15 is 0 Å². The number of hydrogen-bond donors (Lipinski definition) is 3. The molecule has 2 heterocycles. The van der Waals surface area contributed by atoms with E-state index in [-0.39, 0.29) is 16.9 Å². The number of nitrogens with zero attached hydrogens (tertiary/aromatic N) is 4.